The molecule has 0 aromatic heterocycles. The second kappa shape index (κ2) is 7.85. The second-order valence-electron chi connectivity index (χ2n) is 5.85. The Hall–Kier alpha value is -0.440. The van der Waals surface area contributed by atoms with E-state index >= 15 is 0 Å². The molecule has 0 aromatic carbocycles. The van der Waals surface area contributed by atoms with E-state index in [2.05, 4.69) is 0 Å². The summed E-state index contributed by atoms with van der Waals surface area (Å²) >= 11 is 0. The third kappa shape index (κ3) is 3.57. The van der Waals surface area contributed by atoms with Crippen LogP contribution < -0.4 is 0 Å². The highest BCUT2D eigenvalue weighted by atomic mass is 16.7. The summed E-state index contributed by atoms with van der Waals surface area (Å²) in [6.07, 6.45) is -11.7. The highest BCUT2D eigenvalue weighted by Crippen LogP contribution is 2.29. The summed E-state index contributed by atoms with van der Waals surface area (Å²) in [6, 6.07) is 0. The van der Waals surface area contributed by atoms with Gasteiger partial charge in [0.1, 0.15) is 49.3 Å². The van der Waals surface area contributed by atoms with Crippen LogP contribution in [-0.2, 0) is 18.9 Å². The zero-order chi connectivity index (χ0) is 18.1. The van der Waals surface area contributed by atoms with Crippen LogP contribution in [0.4, 0.5) is 0 Å². The minimum absolute atomic E-state index is 0.394. The Kier molecular flexibility index (Phi) is 6.50. The van der Waals surface area contributed by atoms with Gasteiger partial charge in [0.05, 0.1) is 13.2 Å². The molecule has 0 aromatic rings. The van der Waals surface area contributed by atoms with Crippen molar-refractivity contribution in [1.82, 2.24) is 0 Å². The molecule has 2 heterocycles. The van der Waals surface area contributed by atoms with Crippen LogP contribution in [-0.4, -0.2) is 117 Å². The molecule has 0 radical (unpaired) electrons. The van der Waals surface area contributed by atoms with Crippen LogP contribution >= 0.6 is 0 Å². The fraction of sp³-hybridized carbons (Fsp3) is 1.00. The lowest BCUT2D eigenvalue weighted by molar-refractivity contribution is -0.365. The smallest absolute Gasteiger partial charge is 0.221 e. The summed E-state index contributed by atoms with van der Waals surface area (Å²) in [7, 11) is 1.23. The Labute approximate surface area is 137 Å². The minimum atomic E-state index is -2.04. The first kappa shape index (κ1) is 19.9. The maximum Gasteiger partial charge on any atom is 0.221 e. The fourth-order valence-electron chi connectivity index (χ4n) is 2.67. The van der Waals surface area contributed by atoms with E-state index in [9.17, 15) is 35.7 Å². The molecule has 24 heavy (non-hydrogen) atoms. The Morgan fingerprint density at radius 2 is 1.67 bits per heavy atom. The van der Waals surface area contributed by atoms with E-state index in [1.54, 1.807) is 0 Å². The van der Waals surface area contributed by atoms with Gasteiger partial charge in [0.2, 0.25) is 5.79 Å². The molecule has 2 aliphatic heterocycles. The van der Waals surface area contributed by atoms with E-state index in [0.717, 1.165) is 0 Å². The number of aliphatic hydroxyl groups is 7. The van der Waals surface area contributed by atoms with Gasteiger partial charge in [-0.1, -0.05) is 0 Å². The molecular weight excluding hydrogens is 332 g/mol. The van der Waals surface area contributed by atoms with E-state index in [0.29, 0.717) is 0 Å². The van der Waals surface area contributed by atoms with Gasteiger partial charge in [0, 0.05) is 7.11 Å². The van der Waals surface area contributed by atoms with Crippen molar-refractivity contribution in [3.63, 3.8) is 0 Å². The molecule has 9 atom stereocenters. The van der Waals surface area contributed by atoms with Gasteiger partial charge < -0.3 is 54.7 Å². The van der Waals surface area contributed by atoms with Crippen LogP contribution in [0, 0.1) is 0 Å². The molecular formula is C13H24O11. The molecule has 2 aliphatic rings. The van der Waals surface area contributed by atoms with Gasteiger partial charge in [-0.25, -0.2) is 0 Å². The summed E-state index contributed by atoms with van der Waals surface area (Å²) in [5.41, 5.74) is 0. The topological polar surface area (TPSA) is 179 Å². The largest absolute Gasteiger partial charge is 0.391 e. The Bertz CT molecular complexity index is 407. The lowest BCUT2D eigenvalue weighted by atomic mass is 9.96. The Morgan fingerprint density at radius 3 is 2.25 bits per heavy atom. The molecule has 11 nitrogen and oxygen atoms in total. The van der Waals surface area contributed by atoms with E-state index in [-0.39, 0.29) is 0 Å². The number of aliphatic hydroxyl groups excluding tert-OH is 7. The molecule has 2 fully saturated rings. The Morgan fingerprint density at radius 1 is 1.00 bits per heavy atom. The lowest BCUT2D eigenvalue weighted by Crippen LogP contribution is -2.65. The molecule has 0 spiro atoms. The normalized spacial score (nSPS) is 50.0. The molecule has 2 saturated heterocycles. The summed E-state index contributed by atoms with van der Waals surface area (Å²) in [4.78, 5) is 0. The average Bonchev–Trinajstić information content (AvgIpc) is 2.59. The zero-order valence-electron chi connectivity index (χ0n) is 13.0. The van der Waals surface area contributed by atoms with Crippen molar-refractivity contribution < 1.29 is 54.7 Å². The fourth-order valence-corrected chi connectivity index (χ4v) is 2.67. The van der Waals surface area contributed by atoms with Gasteiger partial charge in [-0.2, -0.15) is 0 Å². The third-order valence-corrected chi connectivity index (χ3v) is 4.28. The summed E-state index contributed by atoms with van der Waals surface area (Å²) < 4.78 is 20.5. The quantitative estimate of drug-likeness (QED) is 0.251. The second-order valence-corrected chi connectivity index (χ2v) is 5.85. The highest BCUT2D eigenvalue weighted by molar-refractivity contribution is 4.94. The number of methoxy groups -OCH3 is 1. The predicted octanol–water partition coefficient (Wildman–Crippen LogP) is -4.74. The predicted molar refractivity (Wildman–Crippen MR) is 73.4 cm³/mol. The molecule has 0 bridgehead atoms. The van der Waals surface area contributed by atoms with Crippen LogP contribution in [0.3, 0.4) is 0 Å². The van der Waals surface area contributed by atoms with Crippen molar-refractivity contribution in [1.29, 1.82) is 0 Å². The SMILES string of the molecule is CO[C@@H]1O[C@H](CO[C@]2(CO)OC[C@H](O)[C@H](O)[C@H]2O)[C@@H](O)[C@H](O)[C@H]1O. The number of hydrogen-bond acceptors (Lipinski definition) is 11. The molecule has 142 valence electrons. The van der Waals surface area contributed by atoms with Gasteiger partial charge in [0.15, 0.2) is 6.29 Å². The highest BCUT2D eigenvalue weighted by Gasteiger charge is 2.52. The van der Waals surface area contributed by atoms with E-state index < -0.39 is 74.6 Å². The van der Waals surface area contributed by atoms with Crippen LogP contribution in [0.25, 0.3) is 0 Å². The van der Waals surface area contributed by atoms with E-state index in [1.807, 2.05) is 0 Å². The van der Waals surface area contributed by atoms with Crippen molar-refractivity contribution in [2.75, 3.05) is 26.9 Å². The lowest BCUT2D eigenvalue weighted by Gasteiger charge is -2.45. The first-order chi connectivity index (χ1) is 11.3. The van der Waals surface area contributed by atoms with Gasteiger partial charge in [-0.05, 0) is 0 Å². The van der Waals surface area contributed by atoms with Crippen molar-refractivity contribution >= 4 is 0 Å². The van der Waals surface area contributed by atoms with Gasteiger partial charge in [-0.15, -0.1) is 0 Å². The standard InChI is InChI=1S/C13H24O11/c1-21-12-10(19)9(18)8(17)6(24-12)3-23-13(4-14)11(20)7(16)5(15)2-22-13/h5-12,14-20H,2-4H2,1H3/t5-,6+,7-,8+,9-,10+,11+,12+,13-/m0/s1. The first-order valence-corrected chi connectivity index (χ1v) is 7.43. The van der Waals surface area contributed by atoms with Crippen molar-refractivity contribution in [3.8, 4) is 0 Å². The molecule has 7 N–H and O–H groups in total. The minimum Gasteiger partial charge on any atom is -0.391 e. The maximum atomic E-state index is 10.0. The van der Waals surface area contributed by atoms with E-state index in [4.69, 9.17) is 18.9 Å². The number of ether oxygens (including phenoxy) is 4. The van der Waals surface area contributed by atoms with Crippen molar-refractivity contribution in [2.45, 2.75) is 54.8 Å². The van der Waals surface area contributed by atoms with Crippen LogP contribution in [0.1, 0.15) is 0 Å². The Balaban J connectivity index is 2.04. The summed E-state index contributed by atoms with van der Waals surface area (Å²) in [6.45, 7) is -1.71. The number of hydrogen-bond donors (Lipinski definition) is 7. The van der Waals surface area contributed by atoms with Crippen LogP contribution in [0.2, 0.25) is 0 Å². The third-order valence-electron chi connectivity index (χ3n) is 4.28. The van der Waals surface area contributed by atoms with Gasteiger partial charge in [-0.3, -0.25) is 0 Å². The first-order valence-electron chi connectivity index (χ1n) is 7.43. The molecule has 0 saturated carbocycles. The molecule has 11 heteroatoms. The molecule has 0 aliphatic carbocycles. The molecule has 0 unspecified atom stereocenters. The van der Waals surface area contributed by atoms with Crippen LogP contribution in [0.15, 0.2) is 0 Å². The molecule has 0 amide bonds. The summed E-state index contributed by atoms with van der Waals surface area (Å²) in [5, 5.41) is 68.1. The average molecular weight is 356 g/mol. The van der Waals surface area contributed by atoms with Crippen molar-refractivity contribution in [3.05, 3.63) is 0 Å². The van der Waals surface area contributed by atoms with Crippen molar-refractivity contribution in [2.24, 2.45) is 0 Å². The van der Waals surface area contributed by atoms with E-state index in [1.165, 1.54) is 7.11 Å². The van der Waals surface area contributed by atoms with Gasteiger partial charge >= 0.3 is 0 Å². The maximum absolute atomic E-state index is 10.0. The number of rotatable bonds is 5. The molecule has 2 rings (SSSR count). The zero-order valence-corrected chi connectivity index (χ0v) is 13.0. The van der Waals surface area contributed by atoms with Gasteiger partial charge in [0.25, 0.3) is 0 Å². The van der Waals surface area contributed by atoms with Crippen LogP contribution in [0.5, 0.6) is 0 Å². The monoisotopic (exact) mass is 356 g/mol. The summed E-state index contributed by atoms with van der Waals surface area (Å²) in [5.74, 6) is -2.04.